The van der Waals surface area contributed by atoms with Crippen LogP contribution in [-0.2, 0) is 46.3 Å². The molecule has 3 atom stereocenters. The molecule has 13 nitrogen and oxygen atoms in total. The van der Waals surface area contributed by atoms with Gasteiger partial charge in [0.2, 0.25) is 23.6 Å². The van der Waals surface area contributed by atoms with Crippen LogP contribution < -0.4 is 27.0 Å². The third-order valence-electron chi connectivity index (χ3n) is 6.15. The van der Waals surface area contributed by atoms with E-state index in [1.807, 2.05) is 0 Å². The Balaban J connectivity index is 2.32. The largest absolute Gasteiger partial charge is 0.468 e. The predicted octanol–water partition coefficient (Wildman–Crippen LogP) is 0.889. The number of carbonyl (C=O) groups is 6. The number of hydrogen-bond donors (Lipinski definition) is 5. The number of ether oxygens (including phenoxy) is 2. The molecule has 0 saturated heterocycles. The molecule has 2 aromatic rings. The van der Waals surface area contributed by atoms with Crippen LogP contribution in [0.15, 0.2) is 60.7 Å². The standard InChI is InChI=1S/C31H41N5O8/c1-31(2,3)44-30(42)36-22(15-16-25(32)37)28(40)35-24(18-21-13-9-6-10-14-21)29(41)34-23(17-20-11-7-5-8-12-20)27(39)33-19-26(38)43-4/h5-14,22-24H,15-19H2,1-4H3,(H2,32,37)(H,33,39)(H,34,41)(H,35,40)(H,36,42). The van der Waals surface area contributed by atoms with Crippen molar-refractivity contribution in [2.24, 2.45) is 5.73 Å². The lowest BCUT2D eigenvalue weighted by atomic mass is 10.0. The Kier molecular flexibility index (Phi) is 13.8. The minimum Gasteiger partial charge on any atom is -0.468 e. The van der Waals surface area contributed by atoms with Gasteiger partial charge in [0.05, 0.1) is 7.11 Å². The van der Waals surface area contributed by atoms with Gasteiger partial charge in [0.1, 0.15) is 30.3 Å². The summed E-state index contributed by atoms with van der Waals surface area (Å²) in [4.78, 5) is 75.8. The number of carbonyl (C=O) groups excluding carboxylic acids is 6. The Labute approximate surface area is 256 Å². The molecular formula is C31H41N5O8. The summed E-state index contributed by atoms with van der Waals surface area (Å²) >= 11 is 0. The van der Waals surface area contributed by atoms with Crippen molar-refractivity contribution < 1.29 is 38.2 Å². The van der Waals surface area contributed by atoms with Crippen molar-refractivity contribution in [3.63, 3.8) is 0 Å². The molecule has 6 N–H and O–H groups in total. The number of methoxy groups -OCH3 is 1. The van der Waals surface area contributed by atoms with Gasteiger partial charge in [-0.25, -0.2) is 4.79 Å². The lowest BCUT2D eigenvalue weighted by molar-refractivity contribution is -0.141. The minimum absolute atomic E-state index is 0.0369. The maximum Gasteiger partial charge on any atom is 0.408 e. The van der Waals surface area contributed by atoms with Gasteiger partial charge in [-0.1, -0.05) is 60.7 Å². The number of amides is 5. The summed E-state index contributed by atoms with van der Waals surface area (Å²) in [5.74, 6) is -3.44. The molecule has 0 fully saturated rings. The Morgan fingerprint density at radius 3 is 1.66 bits per heavy atom. The maximum absolute atomic E-state index is 13.7. The van der Waals surface area contributed by atoms with E-state index >= 15 is 0 Å². The third-order valence-corrected chi connectivity index (χ3v) is 6.15. The van der Waals surface area contributed by atoms with Gasteiger partial charge < -0.3 is 36.5 Å². The summed E-state index contributed by atoms with van der Waals surface area (Å²) in [6.45, 7) is 4.55. The van der Waals surface area contributed by atoms with Crippen LogP contribution in [0.25, 0.3) is 0 Å². The summed E-state index contributed by atoms with van der Waals surface area (Å²) in [5.41, 5.74) is 5.87. The van der Waals surface area contributed by atoms with Crippen molar-refractivity contribution in [2.45, 2.75) is 70.2 Å². The van der Waals surface area contributed by atoms with E-state index in [1.54, 1.807) is 81.4 Å². The number of nitrogens with two attached hydrogens (primary N) is 1. The van der Waals surface area contributed by atoms with Gasteiger partial charge in [-0.15, -0.1) is 0 Å². The van der Waals surface area contributed by atoms with Gasteiger partial charge in [-0.05, 0) is 38.3 Å². The molecule has 0 heterocycles. The normalized spacial score (nSPS) is 12.9. The molecule has 238 valence electrons. The van der Waals surface area contributed by atoms with E-state index in [-0.39, 0.29) is 25.7 Å². The molecule has 44 heavy (non-hydrogen) atoms. The summed E-state index contributed by atoms with van der Waals surface area (Å²) < 4.78 is 9.84. The first-order chi connectivity index (χ1) is 20.8. The zero-order valence-electron chi connectivity index (χ0n) is 25.4. The Hall–Kier alpha value is -4.94. The molecule has 3 unspecified atom stereocenters. The number of alkyl carbamates (subject to hydrolysis) is 1. The van der Waals surface area contributed by atoms with E-state index in [2.05, 4.69) is 26.0 Å². The zero-order chi connectivity index (χ0) is 32.7. The fraction of sp³-hybridized carbons (Fsp3) is 0.419. The Morgan fingerprint density at radius 2 is 1.20 bits per heavy atom. The zero-order valence-corrected chi connectivity index (χ0v) is 25.4. The number of nitrogens with one attached hydrogen (secondary N) is 4. The van der Waals surface area contributed by atoms with Crippen molar-refractivity contribution in [1.29, 1.82) is 0 Å². The fourth-order valence-corrected chi connectivity index (χ4v) is 4.02. The molecule has 0 bridgehead atoms. The molecule has 0 spiro atoms. The topological polar surface area (TPSA) is 195 Å². The van der Waals surface area contributed by atoms with Crippen LogP contribution in [-0.4, -0.2) is 73.1 Å². The van der Waals surface area contributed by atoms with Gasteiger partial charge in [0.25, 0.3) is 0 Å². The SMILES string of the molecule is COC(=O)CNC(=O)C(Cc1ccccc1)NC(=O)C(Cc1ccccc1)NC(=O)C(CCC(N)=O)NC(=O)OC(C)(C)C. The molecular weight excluding hydrogens is 570 g/mol. The highest BCUT2D eigenvalue weighted by atomic mass is 16.6. The van der Waals surface area contributed by atoms with Crippen molar-refractivity contribution in [3.05, 3.63) is 71.8 Å². The highest BCUT2D eigenvalue weighted by Crippen LogP contribution is 2.10. The molecule has 13 heteroatoms. The van der Waals surface area contributed by atoms with E-state index in [9.17, 15) is 28.8 Å². The fourth-order valence-electron chi connectivity index (χ4n) is 4.02. The first kappa shape index (κ1) is 35.3. The second kappa shape index (κ2) is 17.2. The van der Waals surface area contributed by atoms with E-state index < -0.39 is 66.0 Å². The van der Waals surface area contributed by atoms with E-state index in [1.165, 1.54) is 7.11 Å². The first-order valence-corrected chi connectivity index (χ1v) is 14.1. The number of benzene rings is 2. The lowest BCUT2D eigenvalue weighted by Crippen LogP contribution is -2.58. The molecule has 5 amide bonds. The number of esters is 1. The lowest BCUT2D eigenvalue weighted by Gasteiger charge is -2.26. The molecule has 0 aliphatic carbocycles. The minimum atomic E-state index is -1.26. The monoisotopic (exact) mass is 611 g/mol. The van der Waals surface area contributed by atoms with Gasteiger partial charge >= 0.3 is 12.1 Å². The molecule has 0 aromatic heterocycles. The summed E-state index contributed by atoms with van der Waals surface area (Å²) in [6, 6.07) is 14.2. The second-order valence-electron chi connectivity index (χ2n) is 11.0. The van der Waals surface area contributed by atoms with Gasteiger partial charge in [-0.3, -0.25) is 24.0 Å². The van der Waals surface area contributed by atoms with Crippen LogP contribution in [0.3, 0.4) is 0 Å². The van der Waals surface area contributed by atoms with Gasteiger partial charge in [0.15, 0.2) is 0 Å². The highest BCUT2D eigenvalue weighted by molar-refractivity contribution is 5.95. The summed E-state index contributed by atoms with van der Waals surface area (Å²) in [7, 11) is 1.18. The average molecular weight is 612 g/mol. The average Bonchev–Trinajstić information content (AvgIpc) is 2.97. The van der Waals surface area contributed by atoms with Crippen LogP contribution in [0.4, 0.5) is 4.79 Å². The number of primary amides is 1. The van der Waals surface area contributed by atoms with Crippen LogP contribution in [0.2, 0.25) is 0 Å². The molecule has 2 rings (SSSR count). The quantitative estimate of drug-likeness (QED) is 0.183. The van der Waals surface area contributed by atoms with E-state index in [0.717, 1.165) is 5.56 Å². The molecule has 0 aliphatic rings. The number of hydrogen-bond acceptors (Lipinski definition) is 8. The van der Waals surface area contributed by atoms with Crippen LogP contribution in [0, 0.1) is 0 Å². The van der Waals surface area contributed by atoms with Crippen LogP contribution in [0.5, 0.6) is 0 Å². The third kappa shape index (κ3) is 13.4. The van der Waals surface area contributed by atoms with E-state index in [4.69, 9.17) is 10.5 Å². The maximum atomic E-state index is 13.7. The van der Waals surface area contributed by atoms with Crippen molar-refractivity contribution >= 4 is 35.7 Å². The van der Waals surface area contributed by atoms with Gasteiger partial charge in [-0.2, -0.15) is 0 Å². The molecule has 0 saturated carbocycles. The Bertz CT molecular complexity index is 1280. The van der Waals surface area contributed by atoms with Crippen molar-refractivity contribution in [3.8, 4) is 0 Å². The molecule has 0 aliphatic heterocycles. The first-order valence-electron chi connectivity index (χ1n) is 14.1. The molecule has 2 aromatic carbocycles. The summed E-state index contributed by atoms with van der Waals surface area (Å²) in [6.07, 6.45) is -1.13. The highest BCUT2D eigenvalue weighted by Gasteiger charge is 2.31. The second-order valence-corrected chi connectivity index (χ2v) is 11.0. The van der Waals surface area contributed by atoms with Crippen LogP contribution in [0.1, 0.15) is 44.7 Å². The van der Waals surface area contributed by atoms with E-state index in [0.29, 0.717) is 5.56 Å². The summed E-state index contributed by atoms with van der Waals surface area (Å²) in [5, 5.41) is 10.2. The smallest absolute Gasteiger partial charge is 0.408 e. The van der Waals surface area contributed by atoms with Crippen molar-refractivity contribution in [2.75, 3.05) is 13.7 Å². The van der Waals surface area contributed by atoms with Gasteiger partial charge in [0, 0.05) is 19.3 Å². The Morgan fingerprint density at radius 1 is 0.727 bits per heavy atom. The predicted molar refractivity (Wildman–Crippen MR) is 161 cm³/mol. The van der Waals surface area contributed by atoms with Crippen LogP contribution >= 0.6 is 0 Å². The van der Waals surface area contributed by atoms with Crippen molar-refractivity contribution in [1.82, 2.24) is 21.3 Å². The number of rotatable bonds is 15. The molecule has 0 radical (unpaired) electrons.